The summed E-state index contributed by atoms with van der Waals surface area (Å²) in [5.41, 5.74) is 0. The monoisotopic (exact) mass is 335 g/mol. The van der Waals surface area contributed by atoms with Gasteiger partial charge in [0.1, 0.15) is 18.6 Å². The van der Waals surface area contributed by atoms with E-state index in [1.807, 2.05) is 0 Å². The van der Waals surface area contributed by atoms with Gasteiger partial charge in [0.2, 0.25) is 5.91 Å². The van der Waals surface area contributed by atoms with Crippen LogP contribution >= 0.6 is 0 Å². The van der Waals surface area contributed by atoms with E-state index in [-0.39, 0.29) is 25.6 Å². The Balaban J connectivity index is 1.73. The Morgan fingerprint density at radius 2 is 1.87 bits per heavy atom. The minimum Gasteiger partial charge on any atom is -0.380 e. The molecule has 0 N–H and O–H groups in total. The molecule has 3 saturated heterocycles. The van der Waals surface area contributed by atoms with Crippen LogP contribution in [-0.2, 0) is 14.3 Å². The SMILES string of the molecule is COC1CC2C(=O)N(C3CCN(CC(F)(F)F)C3=O)C(=O)N2C1. The van der Waals surface area contributed by atoms with Gasteiger partial charge in [-0.25, -0.2) is 9.69 Å². The molecule has 3 aliphatic heterocycles. The number of fused-ring (bicyclic) bond motifs is 1. The largest absolute Gasteiger partial charge is 0.406 e. The van der Waals surface area contributed by atoms with E-state index in [9.17, 15) is 27.6 Å². The zero-order valence-electron chi connectivity index (χ0n) is 12.4. The smallest absolute Gasteiger partial charge is 0.380 e. The number of halogens is 3. The number of amides is 4. The molecule has 0 aromatic heterocycles. The molecule has 0 spiro atoms. The van der Waals surface area contributed by atoms with E-state index in [0.717, 1.165) is 4.90 Å². The van der Waals surface area contributed by atoms with Gasteiger partial charge < -0.3 is 14.5 Å². The predicted octanol–water partition coefficient (Wildman–Crippen LogP) is 0.201. The summed E-state index contributed by atoms with van der Waals surface area (Å²) in [4.78, 5) is 39.7. The van der Waals surface area contributed by atoms with Crippen molar-refractivity contribution in [1.29, 1.82) is 0 Å². The van der Waals surface area contributed by atoms with Crippen molar-refractivity contribution in [2.24, 2.45) is 0 Å². The summed E-state index contributed by atoms with van der Waals surface area (Å²) in [5.74, 6) is -1.35. The van der Waals surface area contributed by atoms with Crippen molar-refractivity contribution >= 4 is 17.8 Å². The van der Waals surface area contributed by atoms with E-state index >= 15 is 0 Å². The highest BCUT2D eigenvalue weighted by molar-refractivity contribution is 6.08. The molecule has 3 atom stereocenters. The molecule has 3 fully saturated rings. The summed E-state index contributed by atoms with van der Waals surface area (Å²) in [6.07, 6.45) is -4.38. The van der Waals surface area contributed by atoms with Gasteiger partial charge in [0.05, 0.1) is 6.10 Å². The lowest BCUT2D eigenvalue weighted by Gasteiger charge is -2.23. The summed E-state index contributed by atoms with van der Waals surface area (Å²) < 4.78 is 42.5. The highest BCUT2D eigenvalue weighted by Crippen LogP contribution is 2.33. The number of methoxy groups -OCH3 is 1. The van der Waals surface area contributed by atoms with Gasteiger partial charge in [-0.15, -0.1) is 0 Å². The van der Waals surface area contributed by atoms with Crippen LogP contribution in [0.25, 0.3) is 0 Å². The third kappa shape index (κ3) is 2.64. The third-order valence-corrected chi connectivity index (χ3v) is 4.52. The van der Waals surface area contributed by atoms with E-state index < -0.39 is 42.7 Å². The van der Waals surface area contributed by atoms with Crippen molar-refractivity contribution in [2.75, 3.05) is 26.7 Å². The second kappa shape index (κ2) is 5.36. The van der Waals surface area contributed by atoms with Crippen LogP contribution in [0, 0.1) is 0 Å². The lowest BCUT2D eigenvalue weighted by Crippen LogP contribution is -2.48. The summed E-state index contributed by atoms with van der Waals surface area (Å²) in [6, 6.07) is -2.44. The zero-order chi connectivity index (χ0) is 16.9. The minimum absolute atomic E-state index is 0.0284. The topological polar surface area (TPSA) is 70.2 Å². The molecule has 7 nitrogen and oxygen atoms in total. The van der Waals surface area contributed by atoms with Crippen LogP contribution in [0.3, 0.4) is 0 Å². The fourth-order valence-corrected chi connectivity index (χ4v) is 3.43. The molecule has 0 aliphatic carbocycles. The Morgan fingerprint density at radius 3 is 2.43 bits per heavy atom. The normalized spacial score (nSPS) is 31.6. The molecule has 0 aromatic carbocycles. The molecular formula is C13H16F3N3O4. The Bertz CT molecular complexity index is 529. The van der Waals surface area contributed by atoms with E-state index in [4.69, 9.17) is 4.74 Å². The number of likely N-dealkylation sites (tertiary alicyclic amines) is 1. The highest BCUT2D eigenvalue weighted by Gasteiger charge is 2.55. The van der Waals surface area contributed by atoms with Crippen molar-refractivity contribution in [3.63, 3.8) is 0 Å². The Labute approximate surface area is 129 Å². The van der Waals surface area contributed by atoms with Crippen molar-refractivity contribution in [3.05, 3.63) is 0 Å². The lowest BCUT2D eigenvalue weighted by atomic mass is 10.1. The maximum absolute atomic E-state index is 12.4. The van der Waals surface area contributed by atoms with E-state index in [2.05, 4.69) is 0 Å². The molecular weight excluding hydrogens is 319 g/mol. The zero-order valence-corrected chi connectivity index (χ0v) is 12.4. The second-order valence-corrected chi connectivity index (χ2v) is 5.93. The Morgan fingerprint density at radius 1 is 1.17 bits per heavy atom. The molecule has 0 aromatic rings. The molecule has 0 saturated carbocycles. The van der Waals surface area contributed by atoms with Gasteiger partial charge in [-0.3, -0.25) is 9.59 Å². The van der Waals surface area contributed by atoms with E-state index in [1.165, 1.54) is 12.0 Å². The number of hydrogen-bond acceptors (Lipinski definition) is 4. The molecule has 3 unspecified atom stereocenters. The minimum atomic E-state index is -4.50. The number of urea groups is 1. The number of carbonyl (C=O) groups is 3. The van der Waals surface area contributed by atoms with Crippen LogP contribution in [0.2, 0.25) is 0 Å². The van der Waals surface area contributed by atoms with Gasteiger partial charge in [-0.2, -0.15) is 13.2 Å². The Hall–Kier alpha value is -1.84. The Kier molecular flexibility index (Phi) is 3.74. The summed E-state index contributed by atoms with van der Waals surface area (Å²) in [6.45, 7) is -1.24. The quantitative estimate of drug-likeness (QED) is 0.691. The fourth-order valence-electron chi connectivity index (χ4n) is 3.43. The summed E-state index contributed by atoms with van der Waals surface area (Å²) in [5, 5.41) is 0. The lowest BCUT2D eigenvalue weighted by molar-refractivity contribution is -0.159. The van der Waals surface area contributed by atoms with E-state index in [0.29, 0.717) is 11.3 Å². The molecule has 4 amide bonds. The summed E-state index contributed by atoms with van der Waals surface area (Å²) in [7, 11) is 1.48. The predicted molar refractivity (Wildman–Crippen MR) is 69.2 cm³/mol. The van der Waals surface area contributed by atoms with Crippen LogP contribution in [0.4, 0.5) is 18.0 Å². The van der Waals surface area contributed by atoms with Gasteiger partial charge >= 0.3 is 12.2 Å². The first kappa shape index (κ1) is 16.0. The second-order valence-electron chi connectivity index (χ2n) is 5.93. The van der Waals surface area contributed by atoms with Gasteiger partial charge in [0.15, 0.2) is 0 Å². The number of carbonyl (C=O) groups excluding carboxylic acids is 3. The first-order chi connectivity index (χ1) is 10.7. The number of alkyl halides is 3. The molecule has 10 heteroatoms. The highest BCUT2D eigenvalue weighted by atomic mass is 19.4. The molecule has 23 heavy (non-hydrogen) atoms. The molecule has 3 heterocycles. The first-order valence-corrected chi connectivity index (χ1v) is 7.25. The van der Waals surface area contributed by atoms with Crippen LogP contribution in [0.15, 0.2) is 0 Å². The van der Waals surface area contributed by atoms with Crippen molar-refractivity contribution in [3.8, 4) is 0 Å². The molecule has 0 radical (unpaired) electrons. The maximum Gasteiger partial charge on any atom is 0.406 e. The first-order valence-electron chi connectivity index (χ1n) is 7.25. The van der Waals surface area contributed by atoms with Crippen LogP contribution in [0.1, 0.15) is 12.8 Å². The van der Waals surface area contributed by atoms with Gasteiger partial charge in [0.25, 0.3) is 5.91 Å². The molecule has 128 valence electrons. The van der Waals surface area contributed by atoms with Crippen LogP contribution in [0.5, 0.6) is 0 Å². The third-order valence-electron chi connectivity index (χ3n) is 4.52. The average Bonchev–Trinajstić information content (AvgIpc) is 3.09. The van der Waals surface area contributed by atoms with Gasteiger partial charge in [0, 0.05) is 26.6 Å². The molecule has 3 aliphatic rings. The van der Waals surface area contributed by atoms with Crippen molar-refractivity contribution < 1.29 is 32.3 Å². The number of hydrogen-bond donors (Lipinski definition) is 0. The maximum atomic E-state index is 12.4. The van der Waals surface area contributed by atoms with Crippen LogP contribution in [-0.4, -0.2) is 83.7 Å². The molecule has 3 rings (SSSR count). The van der Waals surface area contributed by atoms with Gasteiger partial charge in [-0.05, 0) is 6.42 Å². The van der Waals surface area contributed by atoms with Crippen molar-refractivity contribution in [2.45, 2.75) is 37.2 Å². The average molecular weight is 335 g/mol. The van der Waals surface area contributed by atoms with Gasteiger partial charge in [-0.1, -0.05) is 0 Å². The number of rotatable bonds is 3. The molecule has 0 bridgehead atoms. The fraction of sp³-hybridized carbons (Fsp3) is 0.769. The van der Waals surface area contributed by atoms with E-state index in [1.54, 1.807) is 0 Å². The summed E-state index contributed by atoms with van der Waals surface area (Å²) >= 11 is 0. The number of imide groups is 1. The number of nitrogens with zero attached hydrogens (tertiary/aromatic N) is 3. The van der Waals surface area contributed by atoms with Crippen molar-refractivity contribution in [1.82, 2.24) is 14.7 Å². The van der Waals surface area contributed by atoms with Crippen LogP contribution < -0.4 is 0 Å². The number of ether oxygens (including phenoxy) is 1. The standard InChI is InChI=1S/C13H16F3N3O4/c1-23-7-4-9-11(21)19(12(22)18(9)5-7)8-2-3-17(10(8)20)6-13(14,15)16/h7-9H,2-6H2,1H3.